The molecule has 0 spiro atoms. The number of imidazole rings is 1. The van der Waals surface area contributed by atoms with E-state index in [1.54, 1.807) is 37.6 Å². The van der Waals surface area contributed by atoms with E-state index in [4.69, 9.17) is 17.3 Å². The Labute approximate surface area is 185 Å². The van der Waals surface area contributed by atoms with E-state index in [1.807, 2.05) is 22.8 Å². The van der Waals surface area contributed by atoms with Crippen LogP contribution in [-0.4, -0.2) is 32.5 Å². The van der Waals surface area contributed by atoms with Crippen molar-refractivity contribution in [1.82, 2.24) is 19.5 Å². The van der Waals surface area contributed by atoms with Crippen LogP contribution in [0.5, 0.6) is 0 Å². The molecule has 0 saturated carbocycles. The molecular weight excluding hydrogens is 470 g/mol. The van der Waals surface area contributed by atoms with Gasteiger partial charge < -0.3 is 20.9 Å². The van der Waals surface area contributed by atoms with Crippen LogP contribution in [0.3, 0.4) is 0 Å². The van der Waals surface area contributed by atoms with Gasteiger partial charge in [0.2, 0.25) is 5.28 Å². The fourth-order valence-electron chi connectivity index (χ4n) is 3.01. The largest absolute Gasteiger partial charge is 0.397 e. The molecule has 4 aromatic rings. The Morgan fingerprint density at radius 3 is 2.67 bits per heavy atom. The zero-order valence-electron chi connectivity index (χ0n) is 15.9. The smallest absolute Gasteiger partial charge is 0.255 e. The van der Waals surface area contributed by atoms with E-state index in [0.29, 0.717) is 40.5 Å². The molecule has 0 saturated heterocycles. The molecule has 8 nitrogen and oxygen atoms in total. The quantitative estimate of drug-likeness (QED) is 0.288. The summed E-state index contributed by atoms with van der Waals surface area (Å²) < 4.78 is 2.73. The van der Waals surface area contributed by atoms with Crippen molar-refractivity contribution >= 4 is 61.8 Å². The van der Waals surface area contributed by atoms with Crippen molar-refractivity contribution in [3.05, 3.63) is 69.7 Å². The number of aromatic nitrogens is 4. The van der Waals surface area contributed by atoms with Gasteiger partial charge in [0.05, 0.1) is 24.2 Å². The highest BCUT2D eigenvalue weighted by Crippen LogP contribution is 2.24. The van der Waals surface area contributed by atoms with Crippen LogP contribution in [0.15, 0.2) is 53.3 Å². The molecule has 0 bridgehead atoms. The number of fused-ring (bicyclic) bond motifs is 1. The van der Waals surface area contributed by atoms with Crippen LogP contribution < -0.4 is 16.4 Å². The third-order valence-corrected chi connectivity index (χ3v) is 5.17. The third-order valence-electron chi connectivity index (χ3n) is 4.50. The highest BCUT2D eigenvalue weighted by Gasteiger charge is 2.13. The zero-order valence-corrected chi connectivity index (χ0v) is 18.2. The second-order valence-corrected chi connectivity index (χ2v) is 7.77. The SMILES string of the molecule is CNc1nc(Cl)nc2c1ncn2Cc1ccc(C(=O)Nc2ccc(Br)cc2N)cc1. The number of benzene rings is 2. The predicted octanol–water partition coefficient (Wildman–Crippen LogP) is 4.17. The molecule has 10 heteroatoms. The first-order chi connectivity index (χ1) is 14.4. The number of amides is 1. The van der Waals surface area contributed by atoms with Crippen LogP contribution in [0.2, 0.25) is 5.28 Å². The van der Waals surface area contributed by atoms with Gasteiger partial charge in [-0.25, -0.2) is 4.98 Å². The second-order valence-electron chi connectivity index (χ2n) is 6.52. The van der Waals surface area contributed by atoms with Crippen molar-refractivity contribution in [2.24, 2.45) is 0 Å². The molecular formula is C20H17BrClN7O. The number of carbonyl (C=O) groups is 1. The number of carbonyl (C=O) groups excluding carboxylic acids is 1. The van der Waals surface area contributed by atoms with E-state index in [2.05, 4.69) is 41.5 Å². The first-order valence-corrected chi connectivity index (χ1v) is 10.1. The van der Waals surface area contributed by atoms with Gasteiger partial charge in [0.1, 0.15) is 0 Å². The van der Waals surface area contributed by atoms with E-state index in [-0.39, 0.29) is 11.2 Å². The highest BCUT2D eigenvalue weighted by molar-refractivity contribution is 9.10. The van der Waals surface area contributed by atoms with Gasteiger partial charge in [-0.2, -0.15) is 9.97 Å². The summed E-state index contributed by atoms with van der Waals surface area (Å²) in [6, 6.07) is 12.6. The maximum Gasteiger partial charge on any atom is 0.255 e. The number of nitrogens with one attached hydrogen (secondary N) is 2. The Bertz CT molecular complexity index is 1240. The molecule has 0 radical (unpaired) electrons. The first kappa shape index (κ1) is 20.1. The molecule has 0 aliphatic carbocycles. The highest BCUT2D eigenvalue weighted by atomic mass is 79.9. The number of nitrogens with two attached hydrogens (primary N) is 1. The molecule has 0 atom stereocenters. The van der Waals surface area contributed by atoms with Crippen molar-refractivity contribution in [1.29, 1.82) is 0 Å². The Morgan fingerprint density at radius 1 is 1.20 bits per heavy atom. The van der Waals surface area contributed by atoms with Gasteiger partial charge in [0, 0.05) is 17.1 Å². The number of anilines is 3. The lowest BCUT2D eigenvalue weighted by Gasteiger charge is -2.09. The molecule has 0 aliphatic rings. The van der Waals surface area contributed by atoms with Gasteiger partial charge >= 0.3 is 0 Å². The summed E-state index contributed by atoms with van der Waals surface area (Å²) in [4.78, 5) is 25.3. The minimum absolute atomic E-state index is 0.146. The van der Waals surface area contributed by atoms with Gasteiger partial charge in [-0.1, -0.05) is 28.1 Å². The third kappa shape index (κ3) is 4.07. The van der Waals surface area contributed by atoms with E-state index >= 15 is 0 Å². The summed E-state index contributed by atoms with van der Waals surface area (Å²) in [6.07, 6.45) is 1.69. The van der Waals surface area contributed by atoms with Crippen molar-refractivity contribution in [2.45, 2.75) is 6.54 Å². The van der Waals surface area contributed by atoms with Gasteiger partial charge in [-0.05, 0) is 47.5 Å². The summed E-state index contributed by atoms with van der Waals surface area (Å²) in [7, 11) is 1.75. The summed E-state index contributed by atoms with van der Waals surface area (Å²) >= 11 is 9.37. The molecule has 0 aliphatic heterocycles. The standard InChI is InChI=1S/C20H17BrClN7O/c1-24-17-16-18(28-20(22)27-17)29(10-25-16)9-11-2-4-12(5-3-11)19(30)26-15-7-6-13(21)8-14(15)23/h2-8,10H,9,23H2,1H3,(H,26,30)(H,24,27,28). The number of hydrogen-bond donors (Lipinski definition) is 3. The van der Waals surface area contributed by atoms with Crippen LogP contribution in [-0.2, 0) is 6.54 Å². The minimum atomic E-state index is -0.234. The normalized spacial score (nSPS) is 10.9. The zero-order chi connectivity index (χ0) is 21.3. The van der Waals surface area contributed by atoms with Crippen molar-refractivity contribution in [3.8, 4) is 0 Å². The van der Waals surface area contributed by atoms with Crippen LogP contribution in [0.25, 0.3) is 11.2 Å². The van der Waals surface area contributed by atoms with Crippen LogP contribution in [0.1, 0.15) is 15.9 Å². The molecule has 2 aromatic heterocycles. The lowest BCUT2D eigenvalue weighted by molar-refractivity contribution is 0.102. The molecule has 0 unspecified atom stereocenters. The minimum Gasteiger partial charge on any atom is -0.397 e. The second kappa shape index (κ2) is 8.29. The maximum absolute atomic E-state index is 12.5. The topological polar surface area (TPSA) is 111 Å². The van der Waals surface area contributed by atoms with Gasteiger partial charge in [0.25, 0.3) is 5.91 Å². The monoisotopic (exact) mass is 485 g/mol. The molecule has 2 heterocycles. The fourth-order valence-corrected chi connectivity index (χ4v) is 3.55. The van der Waals surface area contributed by atoms with E-state index in [9.17, 15) is 4.79 Å². The Morgan fingerprint density at radius 2 is 1.97 bits per heavy atom. The molecule has 4 N–H and O–H groups in total. The Kier molecular flexibility index (Phi) is 5.56. The van der Waals surface area contributed by atoms with Gasteiger partial charge in [0.15, 0.2) is 17.0 Å². The Hall–Kier alpha value is -3.17. The molecule has 0 fully saturated rings. The average molecular weight is 487 g/mol. The van der Waals surface area contributed by atoms with Crippen LogP contribution >= 0.6 is 27.5 Å². The van der Waals surface area contributed by atoms with Crippen LogP contribution in [0, 0.1) is 0 Å². The van der Waals surface area contributed by atoms with Crippen molar-refractivity contribution in [2.75, 3.05) is 23.4 Å². The number of halogens is 2. The average Bonchev–Trinajstić information content (AvgIpc) is 3.12. The molecule has 30 heavy (non-hydrogen) atoms. The van der Waals surface area contributed by atoms with Crippen molar-refractivity contribution in [3.63, 3.8) is 0 Å². The number of hydrogen-bond acceptors (Lipinski definition) is 6. The maximum atomic E-state index is 12.5. The van der Waals surface area contributed by atoms with Crippen molar-refractivity contribution < 1.29 is 4.79 Å². The molecule has 1 amide bonds. The molecule has 152 valence electrons. The van der Waals surface area contributed by atoms with E-state index < -0.39 is 0 Å². The number of rotatable bonds is 5. The predicted molar refractivity (Wildman–Crippen MR) is 122 cm³/mol. The molecule has 2 aromatic carbocycles. The summed E-state index contributed by atoms with van der Waals surface area (Å²) in [5.74, 6) is 0.338. The lowest BCUT2D eigenvalue weighted by Crippen LogP contribution is -2.13. The summed E-state index contributed by atoms with van der Waals surface area (Å²) in [5.41, 5.74) is 9.78. The van der Waals surface area contributed by atoms with Crippen LogP contribution in [0.4, 0.5) is 17.2 Å². The van der Waals surface area contributed by atoms with Gasteiger partial charge in [-0.15, -0.1) is 0 Å². The summed E-state index contributed by atoms with van der Waals surface area (Å²) in [5, 5.41) is 5.94. The Balaban J connectivity index is 1.52. The number of nitrogens with zero attached hydrogens (tertiary/aromatic N) is 4. The first-order valence-electron chi connectivity index (χ1n) is 8.96. The van der Waals surface area contributed by atoms with E-state index in [1.165, 1.54) is 0 Å². The summed E-state index contributed by atoms with van der Waals surface area (Å²) in [6.45, 7) is 0.522. The van der Waals surface area contributed by atoms with Gasteiger partial charge in [-0.3, -0.25) is 4.79 Å². The fraction of sp³-hybridized carbons (Fsp3) is 0.100. The lowest BCUT2D eigenvalue weighted by atomic mass is 10.1. The number of nitrogen functional groups attached to an aromatic ring is 1. The molecule has 4 rings (SSSR count). The van der Waals surface area contributed by atoms with E-state index in [0.717, 1.165) is 10.0 Å².